The van der Waals surface area contributed by atoms with Gasteiger partial charge in [0.25, 0.3) is 5.56 Å². The maximum Gasteiger partial charge on any atom is 0.295 e. The molecule has 1 saturated carbocycles. The van der Waals surface area contributed by atoms with Crippen molar-refractivity contribution in [1.82, 2.24) is 34.5 Å². The minimum atomic E-state index is -0.227. The van der Waals surface area contributed by atoms with Crippen molar-refractivity contribution < 1.29 is 4.74 Å². The summed E-state index contributed by atoms with van der Waals surface area (Å²) < 4.78 is 7.29. The lowest BCUT2D eigenvalue weighted by molar-refractivity contribution is 0.397. The number of aromatic nitrogens is 7. The van der Waals surface area contributed by atoms with Crippen LogP contribution in [0.25, 0.3) is 22.6 Å². The summed E-state index contributed by atoms with van der Waals surface area (Å²) in [5.74, 6) is 2.03. The van der Waals surface area contributed by atoms with Gasteiger partial charge in [-0.1, -0.05) is 20.8 Å². The second-order valence-electron chi connectivity index (χ2n) is 9.20. The topological polar surface area (TPSA) is 121 Å². The summed E-state index contributed by atoms with van der Waals surface area (Å²) in [6.07, 6.45) is 8.71. The second-order valence-corrected chi connectivity index (χ2v) is 10.5. The molecule has 5 rings (SSSR count). The summed E-state index contributed by atoms with van der Waals surface area (Å²) in [6.45, 7) is 6.62. The molecule has 38 heavy (non-hydrogen) atoms. The number of anilines is 1. The number of hydrogen-bond acceptors (Lipinski definition) is 10. The van der Waals surface area contributed by atoms with Crippen LogP contribution in [-0.2, 0) is 6.54 Å². The number of thioether (sulfide) groups is 1. The molecule has 4 aromatic rings. The maximum atomic E-state index is 13.8. The van der Waals surface area contributed by atoms with E-state index in [1.54, 1.807) is 29.6 Å². The Hall–Kier alpha value is -3.60. The Morgan fingerprint density at radius 1 is 1.08 bits per heavy atom. The number of rotatable bonds is 11. The van der Waals surface area contributed by atoms with E-state index in [1.165, 1.54) is 6.33 Å². The number of pyridine rings is 1. The van der Waals surface area contributed by atoms with Crippen molar-refractivity contribution in [1.29, 1.82) is 0 Å². The first kappa shape index (κ1) is 26.0. The predicted molar refractivity (Wildman–Crippen MR) is 149 cm³/mol. The third-order valence-electron chi connectivity index (χ3n) is 6.71. The molecule has 1 aliphatic carbocycles. The molecule has 1 aliphatic rings. The summed E-state index contributed by atoms with van der Waals surface area (Å²) in [5.41, 5.74) is 3.65. The molecule has 4 aromatic heterocycles. The van der Waals surface area contributed by atoms with Crippen molar-refractivity contribution in [3.05, 3.63) is 52.6 Å². The summed E-state index contributed by atoms with van der Waals surface area (Å²) in [7, 11) is 1.58. The molecule has 1 fully saturated rings. The molecule has 1 N–H and O–H groups in total. The number of nitrogens with zero attached hydrogens (tertiary/aromatic N) is 7. The molecule has 10 nitrogen and oxygen atoms in total. The highest BCUT2D eigenvalue weighted by Gasteiger charge is 2.31. The molecule has 0 spiro atoms. The summed E-state index contributed by atoms with van der Waals surface area (Å²) in [5, 5.41) is 3.19. The fourth-order valence-electron chi connectivity index (χ4n) is 4.59. The molecule has 0 unspecified atom stereocenters. The lowest BCUT2D eigenvalue weighted by Gasteiger charge is -2.20. The monoisotopic (exact) mass is 532 g/mol. The van der Waals surface area contributed by atoms with Gasteiger partial charge in [-0.2, -0.15) is 0 Å². The lowest BCUT2D eigenvalue weighted by Crippen LogP contribution is -2.29. The summed E-state index contributed by atoms with van der Waals surface area (Å²) in [4.78, 5) is 42.4. The third kappa shape index (κ3) is 5.20. The highest BCUT2D eigenvalue weighted by Crippen LogP contribution is 2.45. The van der Waals surface area contributed by atoms with E-state index in [4.69, 9.17) is 9.72 Å². The zero-order chi connectivity index (χ0) is 26.6. The van der Waals surface area contributed by atoms with Crippen molar-refractivity contribution >= 4 is 28.9 Å². The van der Waals surface area contributed by atoms with E-state index in [0.717, 1.165) is 53.3 Å². The first-order valence-corrected chi connectivity index (χ1v) is 14.1. The van der Waals surface area contributed by atoms with Gasteiger partial charge in [-0.25, -0.2) is 24.9 Å². The van der Waals surface area contributed by atoms with Gasteiger partial charge in [0.05, 0.1) is 42.5 Å². The van der Waals surface area contributed by atoms with E-state index < -0.39 is 0 Å². The molecule has 198 valence electrons. The molecular weight excluding hydrogens is 500 g/mol. The first-order valence-electron chi connectivity index (χ1n) is 13.1. The van der Waals surface area contributed by atoms with Crippen LogP contribution < -0.4 is 15.6 Å². The Balaban J connectivity index is 1.57. The van der Waals surface area contributed by atoms with Gasteiger partial charge in [0, 0.05) is 23.1 Å². The Morgan fingerprint density at radius 3 is 2.55 bits per heavy atom. The molecule has 0 aromatic carbocycles. The predicted octanol–water partition coefficient (Wildman–Crippen LogP) is 5.01. The van der Waals surface area contributed by atoms with Gasteiger partial charge in [0.15, 0.2) is 17.1 Å². The number of nitrogens with one attached hydrogen (secondary N) is 1. The lowest BCUT2D eigenvalue weighted by atomic mass is 10.1. The number of ether oxygens (including phenoxy) is 1. The van der Waals surface area contributed by atoms with Gasteiger partial charge in [0.2, 0.25) is 5.88 Å². The third-order valence-corrected chi connectivity index (χ3v) is 7.57. The normalized spacial score (nSPS) is 13.3. The van der Waals surface area contributed by atoms with Crippen molar-refractivity contribution in [2.24, 2.45) is 0 Å². The Kier molecular flexibility index (Phi) is 7.82. The van der Waals surface area contributed by atoms with Crippen molar-refractivity contribution in [3.8, 4) is 17.1 Å². The van der Waals surface area contributed by atoms with E-state index in [-0.39, 0.29) is 17.4 Å². The highest BCUT2D eigenvalue weighted by molar-refractivity contribution is 7.99. The van der Waals surface area contributed by atoms with Gasteiger partial charge in [-0.05, 0) is 43.6 Å². The van der Waals surface area contributed by atoms with Gasteiger partial charge < -0.3 is 10.1 Å². The average molecular weight is 533 g/mol. The molecule has 0 aliphatic heterocycles. The molecule has 4 heterocycles. The van der Waals surface area contributed by atoms with Crippen molar-refractivity contribution in [2.45, 2.75) is 69.9 Å². The summed E-state index contributed by atoms with van der Waals surface area (Å²) >= 11 is 1.74. The van der Waals surface area contributed by atoms with E-state index in [9.17, 15) is 4.79 Å². The molecule has 0 radical (unpaired) electrons. The summed E-state index contributed by atoms with van der Waals surface area (Å²) in [6, 6.07) is 3.95. The zero-order valence-electron chi connectivity index (χ0n) is 22.1. The Bertz CT molecular complexity index is 1480. The van der Waals surface area contributed by atoms with Crippen LogP contribution in [0.4, 0.5) is 5.82 Å². The fraction of sp³-hybridized carbons (Fsp3) is 0.444. The first-order chi connectivity index (χ1) is 18.6. The van der Waals surface area contributed by atoms with Crippen LogP contribution in [0.3, 0.4) is 0 Å². The van der Waals surface area contributed by atoms with Crippen LogP contribution in [0.1, 0.15) is 69.8 Å². The second kappa shape index (κ2) is 11.4. The molecule has 0 bridgehead atoms. The van der Waals surface area contributed by atoms with Crippen LogP contribution in [0.5, 0.6) is 5.88 Å². The van der Waals surface area contributed by atoms with Gasteiger partial charge in [0.1, 0.15) is 6.33 Å². The minimum absolute atomic E-state index is 0.0570. The number of fused-ring (bicyclic) bond motifs is 1. The SMILES string of the molecule is CCSc1ccc(CNc2nc3ncc(-c4c(OC)ncnc4C4CC4)nc3n(C(CC)CC)c2=O)nc1. The fourth-order valence-corrected chi connectivity index (χ4v) is 5.22. The number of hydrogen-bond donors (Lipinski definition) is 1. The zero-order valence-corrected chi connectivity index (χ0v) is 23.0. The Labute approximate surface area is 225 Å². The van der Waals surface area contributed by atoms with Crippen LogP contribution >= 0.6 is 11.8 Å². The standard InChI is InChI=1S/C27H32N8O2S/c1-5-18(6-2)35-25-23(34-24(27(35)36)29-12-17-10-11-19(13-28-17)38-7-3)30-14-20(33-25)21-22(16-8-9-16)31-15-32-26(21)37-4/h10-11,13-16,18H,5-9,12H2,1-4H3,(H,29,30,34). The van der Waals surface area contributed by atoms with E-state index in [2.05, 4.69) is 51.0 Å². The molecule has 0 atom stereocenters. The largest absolute Gasteiger partial charge is 0.480 e. The molecule has 0 amide bonds. The van der Waals surface area contributed by atoms with Crippen LogP contribution in [0, 0.1) is 0 Å². The maximum absolute atomic E-state index is 13.8. The average Bonchev–Trinajstić information content (AvgIpc) is 3.80. The molecule has 0 saturated heterocycles. The van der Waals surface area contributed by atoms with E-state index in [0.29, 0.717) is 35.3 Å². The van der Waals surface area contributed by atoms with E-state index >= 15 is 0 Å². The minimum Gasteiger partial charge on any atom is -0.480 e. The van der Waals surface area contributed by atoms with Gasteiger partial charge in [-0.15, -0.1) is 11.8 Å². The smallest absolute Gasteiger partial charge is 0.295 e. The quantitative estimate of drug-likeness (QED) is 0.264. The highest BCUT2D eigenvalue weighted by atomic mass is 32.2. The van der Waals surface area contributed by atoms with Crippen molar-refractivity contribution in [3.63, 3.8) is 0 Å². The number of methoxy groups -OCH3 is 1. The van der Waals surface area contributed by atoms with Crippen LogP contribution in [0.15, 0.2) is 40.5 Å². The Morgan fingerprint density at radius 2 is 1.89 bits per heavy atom. The van der Waals surface area contributed by atoms with Crippen molar-refractivity contribution in [2.75, 3.05) is 18.2 Å². The van der Waals surface area contributed by atoms with Crippen LogP contribution in [0.2, 0.25) is 0 Å². The molecule has 11 heteroatoms. The van der Waals surface area contributed by atoms with Crippen LogP contribution in [-0.4, -0.2) is 47.3 Å². The van der Waals surface area contributed by atoms with Gasteiger partial charge >= 0.3 is 0 Å². The van der Waals surface area contributed by atoms with Gasteiger partial charge in [-0.3, -0.25) is 14.3 Å². The van der Waals surface area contributed by atoms with E-state index in [1.807, 2.05) is 18.3 Å². The molecular formula is C27H32N8O2S.